The monoisotopic (exact) mass is 274 g/mol. The van der Waals surface area contributed by atoms with Gasteiger partial charge in [-0.3, -0.25) is 4.90 Å². The van der Waals surface area contributed by atoms with Crippen molar-refractivity contribution in [3.8, 4) is 0 Å². The summed E-state index contributed by atoms with van der Waals surface area (Å²) in [6.45, 7) is 1.51. The predicted molar refractivity (Wildman–Crippen MR) is 62.9 cm³/mol. The summed E-state index contributed by atoms with van der Waals surface area (Å²) in [6.07, 6.45) is 3.03. The molecular formula is C13H14F4N2. The molecule has 0 amide bonds. The fraction of sp³-hybridized carbons (Fsp3) is 0.538. The Balaban J connectivity index is 1.76. The van der Waals surface area contributed by atoms with E-state index < -0.39 is 29.0 Å². The Bertz CT molecular complexity index is 476. The zero-order chi connectivity index (χ0) is 13.6. The van der Waals surface area contributed by atoms with Gasteiger partial charge in [0.1, 0.15) is 5.69 Å². The van der Waals surface area contributed by atoms with Crippen molar-refractivity contribution >= 4 is 5.69 Å². The van der Waals surface area contributed by atoms with E-state index in [0.29, 0.717) is 19.0 Å². The van der Waals surface area contributed by atoms with Gasteiger partial charge in [-0.15, -0.1) is 0 Å². The van der Waals surface area contributed by atoms with E-state index in [-0.39, 0.29) is 12.1 Å². The average Bonchev–Trinajstić information content (AvgIpc) is 3.13. The van der Waals surface area contributed by atoms with Gasteiger partial charge in [0.2, 0.25) is 0 Å². The predicted octanol–water partition coefficient (Wildman–Crippen LogP) is 2.89. The molecule has 1 saturated carbocycles. The minimum atomic E-state index is -1.38. The highest BCUT2D eigenvalue weighted by Crippen LogP contribution is 2.32. The molecule has 1 aliphatic carbocycles. The molecule has 0 aromatic heterocycles. The molecule has 0 bridgehead atoms. The van der Waals surface area contributed by atoms with Crippen LogP contribution in [0.4, 0.5) is 23.2 Å². The lowest BCUT2D eigenvalue weighted by molar-refractivity contribution is 0.325. The topological polar surface area (TPSA) is 15.3 Å². The summed E-state index contributed by atoms with van der Waals surface area (Å²) in [4.78, 5) is 2.24. The van der Waals surface area contributed by atoms with Crippen molar-refractivity contribution in [1.29, 1.82) is 0 Å². The van der Waals surface area contributed by atoms with E-state index in [2.05, 4.69) is 10.2 Å². The number of halogens is 4. The number of likely N-dealkylation sites (tertiary alicyclic amines) is 1. The molecular weight excluding hydrogens is 260 g/mol. The van der Waals surface area contributed by atoms with Gasteiger partial charge in [0, 0.05) is 31.2 Å². The van der Waals surface area contributed by atoms with Crippen molar-refractivity contribution in [3.05, 3.63) is 29.3 Å². The lowest BCUT2D eigenvalue weighted by Gasteiger charge is -2.17. The fourth-order valence-electron chi connectivity index (χ4n) is 2.58. The van der Waals surface area contributed by atoms with E-state index in [1.54, 1.807) is 0 Å². The molecule has 2 fully saturated rings. The zero-order valence-electron chi connectivity index (χ0n) is 10.2. The molecule has 1 aliphatic heterocycles. The summed E-state index contributed by atoms with van der Waals surface area (Å²) in [5, 5.41) is 2.60. The maximum absolute atomic E-state index is 13.5. The molecule has 2 nitrogen and oxygen atoms in total. The van der Waals surface area contributed by atoms with Crippen molar-refractivity contribution in [3.63, 3.8) is 0 Å². The van der Waals surface area contributed by atoms with Crippen LogP contribution in [0, 0.1) is 23.3 Å². The van der Waals surface area contributed by atoms with Gasteiger partial charge in [0.05, 0.1) is 0 Å². The fourth-order valence-corrected chi connectivity index (χ4v) is 2.58. The second-order valence-electron chi connectivity index (χ2n) is 5.20. The molecule has 1 heterocycles. The largest absolute Gasteiger partial charge is 0.376 e. The molecule has 1 aromatic carbocycles. The maximum Gasteiger partial charge on any atom is 0.185 e. The average molecular weight is 274 g/mol. The molecule has 1 saturated heterocycles. The van der Waals surface area contributed by atoms with Crippen LogP contribution in [0.5, 0.6) is 0 Å². The molecule has 0 radical (unpaired) electrons. The molecule has 19 heavy (non-hydrogen) atoms. The first-order valence-electron chi connectivity index (χ1n) is 6.40. The van der Waals surface area contributed by atoms with Crippen molar-refractivity contribution < 1.29 is 17.6 Å². The van der Waals surface area contributed by atoms with E-state index in [9.17, 15) is 17.6 Å². The Morgan fingerprint density at radius 2 is 1.63 bits per heavy atom. The van der Waals surface area contributed by atoms with Crippen LogP contribution in [0.3, 0.4) is 0 Å². The van der Waals surface area contributed by atoms with Crippen molar-refractivity contribution in [2.24, 2.45) is 0 Å². The molecule has 104 valence electrons. The molecule has 6 heteroatoms. The van der Waals surface area contributed by atoms with Gasteiger partial charge in [0.15, 0.2) is 23.3 Å². The van der Waals surface area contributed by atoms with Gasteiger partial charge >= 0.3 is 0 Å². The summed E-state index contributed by atoms with van der Waals surface area (Å²) < 4.78 is 53.2. The van der Waals surface area contributed by atoms with Gasteiger partial charge in [0.25, 0.3) is 0 Å². The molecule has 1 N–H and O–H groups in total. The zero-order valence-corrected chi connectivity index (χ0v) is 10.2. The van der Waals surface area contributed by atoms with Crippen molar-refractivity contribution in [2.45, 2.75) is 31.3 Å². The lowest BCUT2D eigenvalue weighted by Crippen LogP contribution is -2.28. The van der Waals surface area contributed by atoms with Crippen molar-refractivity contribution in [2.75, 3.05) is 18.4 Å². The van der Waals surface area contributed by atoms with Crippen molar-refractivity contribution in [1.82, 2.24) is 4.90 Å². The number of anilines is 1. The molecule has 1 aromatic rings. The second kappa shape index (κ2) is 4.67. The van der Waals surface area contributed by atoms with E-state index in [1.165, 1.54) is 0 Å². The Labute approximate surface area is 108 Å². The number of hydrogen-bond donors (Lipinski definition) is 1. The molecule has 0 spiro atoms. The Kier molecular flexibility index (Phi) is 3.12. The van der Waals surface area contributed by atoms with Gasteiger partial charge in [-0.25, -0.2) is 17.6 Å². The maximum atomic E-state index is 13.5. The highest BCUT2D eigenvalue weighted by atomic mass is 19.2. The third-order valence-electron chi connectivity index (χ3n) is 3.74. The van der Waals surface area contributed by atoms with Crippen LogP contribution in [0.2, 0.25) is 0 Å². The summed E-state index contributed by atoms with van der Waals surface area (Å²) in [5.74, 6) is -5.47. The summed E-state index contributed by atoms with van der Waals surface area (Å²) >= 11 is 0. The second-order valence-corrected chi connectivity index (χ2v) is 5.20. The minimum absolute atomic E-state index is 0.175. The third kappa shape index (κ3) is 2.41. The quantitative estimate of drug-likeness (QED) is 0.673. The smallest absolute Gasteiger partial charge is 0.185 e. The van der Waals surface area contributed by atoms with E-state index in [0.717, 1.165) is 19.4 Å². The highest BCUT2D eigenvalue weighted by molar-refractivity contribution is 5.48. The highest BCUT2D eigenvalue weighted by Gasteiger charge is 2.35. The Morgan fingerprint density at radius 1 is 1.00 bits per heavy atom. The van der Waals surface area contributed by atoms with Crippen LogP contribution in [-0.4, -0.2) is 30.1 Å². The number of rotatable bonds is 3. The van der Waals surface area contributed by atoms with Crippen LogP contribution in [0.25, 0.3) is 0 Å². The van der Waals surface area contributed by atoms with Crippen LogP contribution < -0.4 is 5.32 Å². The normalized spacial score (nSPS) is 23.9. The van der Waals surface area contributed by atoms with Gasteiger partial charge in [-0.05, 0) is 19.3 Å². The third-order valence-corrected chi connectivity index (χ3v) is 3.74. The molecule has 1 unspecified atom stereocenters. The first-order valence-corrected chi connectivity index (χ1v) is 6.40. The van der Waals surface area contributed by atoms with Crippen LogP contribution in [-0.2, 0) is 0 Å². The Morgan fingerprint density at radius 3 is 2.21 bits per heavy atom. The van der Waals surface area contributed by atoms with Gasteiger partial charge in [-0.1, -0.05) is 0 Å². The van der Waals surface area contributed by atoms with Gasteiger partial charge in [-0.2, -0.15) is 0 Å². The molecule has 1 atom stereocenters. The van der Waals surface area contributed by atoms with Gasteiger partial charge < -0.3 is 5.32 Å². The molecule has 2 aliphatic rings. The standard InChI is InChI=1S/C13H14F4N2/c14-9-5-10(15)12(17)13(11(9)16)18-7-3-4-19(6-7)8-1-2-8/h5,7-8,18H,1-4,6H2. The van der Waals surface area contributed by atoms with E-state index in [4.69, 9.17) is 0 Å². The van der Waals surface area contributed by atoms with Crippen LogP contribution in [0.1, 0.15) is 19.3 Å². The SMILES string of the molecule is Fc1cc(F)c(F)c(NC2CCN(C3CC3)C2)c1F. The molecule has 3 rings (SSSR count). The van der Waals surface area contributed by atoms with E-state index in [1.807, 2.05) is 0 Å². The van der Waals surface area contributed by atoms with E-state index >= 15 is 0 Å². The Hall–Kier alpha value is -1.30. The minimum Gasteiger partial charge on any atom is -0.376 e. The number of benzene rings is 1. The van der Waals surface area contributed by atoms with Crippen LogP contribution >= 0.6 is 0 Å². The number of nitrogens with zero attached hydrogens (tertiary/aromatic N) is 1. The first kappa shape index (κ1) is 12.7. The van der Waals surface area contributed by atoms with Crippen LogP contribution in [0.15, 0.2) is 6.07 Å². The summed E-state index contributed by atoms with van der Waals surface area (Å²) in [6, 6.07) is 0.623. The summed E-state index contributed by atoms with van der Waals surface area (Å²) in [7, 11) is 0. The lowest BCUT2D eigenvalue weighted by atomic mass is 10.2. The number of nitrogens with one attached hydrogen (secondary N) is 1. The first-order chi connectivity index (χ1) is 9.06. The number of hydrogen-bond acceptors (Lipinski definition) is 2. The summed E-state index contributed by atoms with van der Waals surface area (Å²) in [5.41, 5.74) is -0.694.